The minimum absolute atomic E-state index is 0.128. The molecule has 0 bridgehead atoms. The molecule has 1 fully saturated rings. The van der Waals surface area contributed by atoms with Crippen molar-refractivity contribution in [1.82, 2.24) is 19.9 Å². The maximum Gasteiger partial charge on any atom is 0.416 e. The van der Waals surface area contributed by atoms with Crippen LogP contribution in [-0.2, 0) is 12.7 Å². The molecule has 0 aliphatic carbocycles. The standard InChI is InChI=1S/C22H22F3N5/c23-22(24,25)18-5-3-16(4-6-18)19-12-28-21(26)29-20(19)17-2-1-11-30(14-17)13-15-7-9-27-10-8-15/h3-10,12,17H,1-2,11,13-14H2,(H2,26,28,29). The molecule has 0 radical (unpaired) electrons. The summed E-state index contributed by atoms with van der Waals surface area (Å²) in [5.74, 6) is 0.301. The summed E-state index contributed by atoms with van der Waals surface area (Å²) < 4.78 is 38.7. The van der Waals surface area contributed by atoms with Crippen molar-refractivity contribution in [2.24, 2.45) is 0 Å². The van der Waals surface area contributed by atoms with E-state index in [9.17, 15) is 13.2 Å². The molecule has 2 aromatic heterocycles. The number of nitrogens with two attached hydrogens (primary N) is 1. The van der Waals surface area contributed by atoms with Gasteiger partial charge in [-0.15, -0.1) is 0 Å². The Balaban J connectivity index is 1.60. The van der Waals surface area contributed by atoms with Gasteiger partial charge in [-0.05, 0) is 54.8 Å². The quantitative estimate of drug-likeness (QED) is 0.681. The normalized spacial score (nSPS) is 17.8. The predicted molar refractivity (Wildman–Crippen MR) is 108 cm³/mol. The largest absolute Gasteiger partial charge is 0.416 e. The Hall–Kier alpha value is -3.00. The minimum atomic E-state index is -4.37. The van der Waals surface area contributed by atoms with Crippen LogP contribution < -0.4 is 5.73 Å². The van der Waals surface area contributed by atoms with E-state index in [2.05, 4.69) is 19.9 Å². The molecule has 1 unspecified atom stereocenters. The van der Waals surface area contributed by atoms with Crippen LogP contribution in [0.5, 0.6) is 0 Å². The SMILES string of the molecule is Nc1ncc(-c2ccc(C(F)(F)F)cc2)c(C2CCCN(Cc3ccncc3)C2)n1. The summed E-state index contributed by atoms with van der Waals surface area (Å²) in [6, 6.07) is 9.12. The van der Waals surface area contributed by atoms with Gasteiger partial charge in [-0.2, -0.15) is 13.2 Å². The molecular weight excluding hydrogens is 391 g/mol. The van der Waals surface area contributed by atoms with Gasteiger partial charge in [0.2, 0.25) is 5.95 Å². The number of rotatable bonds is 4. The first-order valence-corrected chi connectivity index (χ1v) is 9.81. The summed E-state index contributed by atoms with van der Waals surface area (Å²) in [7, 11) is 0. The van der Waals surface area contributed by atoms with Crippen LogP contribution >= 0.6 is 0 Å². The fraction of sp³-hybridized carbons (Fsp3) is 0.318. The van der Waals surface area contributed by atoms with Crippen molar-refractivity contribution in [3.8, 4) is 11.1 Å². The molecule has 2 N–H and O–H groups in total. The number of nitrogen functional groups attached to an aromatic ring is 1. The molecule has 0 spiro atoms. The van der Waals surface area contributed by atoms with Gasteiger partial charge in [0.15, 0.2) is 0 Å². The molecule has 156 valence electrons. The van der Waals surface area contributed by atoms with Crippen LogP contribution in [0.2, 0.25) is 0 Å². The molecule has 1 aromatic carbocycles. The number of hydrogen-bond acceptors (Lipinski definition) is 5. The van der Waals surface area contributed by atoms with Gasteiger partial charge in [0.25, 0.3) is 0 Å². The molecule has 3 heterocycles. The zero-order valence-electron chi connectivity index (χ0n) is 16.3. The first kappa shape index (κ1) is 20.3. The molecule has 0 amide bonds. The number of halogens is 3. The van der Waals surface area contributed by atoms with E-state index in [1.807, 2.05) is 12.1 Å². The van der Waals surface area contributed by atoms with Crippen LogP contribution in [0.4, 0.5) is 19.1 Å². The van der Waals surface area contributed by atoms with E-state index in [0.29, 0.717) is 5.56 Å². The molecule has 1 atom stereocenters. The topological polar surface area (TPSA) is 67.9 Å². The van der Waals surface area contributed by atoms with E-state index >= 15 is 0 Å². The Bertz CT molecular complexity index is 990. The molecule has 8 heteroatoms. The van der Waals surface area contributed by atoms with Gasteiger partial charge in [0, 0.05) is 43.2 Å². The molecule has 4 rings (SSSR count). The lowest BCUT2D eigenvalue weighted by atomic mass is 9.89. The third-order valence-corrected chi connectivity index (χ3v) is 5.41. The molecule has 0 saturated carbocycles. The number of hydrogen-bond donors (Lipinski definition) is 1. The fourth-order valence-electron chi connectivity index (χ4n) is 3.95. The number of benzene rings is 1. The second-order valence-electron chi connectivity index (χ2n) is 7.53. The molecular formula is C22H22F3N5. The van der Waals surface area contributed by atoms with E-state index in [-0.39, 0.29) is 11.9 Å². The Morgan fingerprint density at radius 2 is 1.80 bits per heavy atom. The van der Waals surface area contributed by atoms with Crippen LogP contribution in [0.1, 0.15) is 35.6 Å². The Morgan fingerprint density at radius 3 is 2.50 bits per heavy atom. The molecule has 1 aliphatic rings. The van der Waals surface area contributed by atoms with Gasteiger partial charge in [-0.1, -0.05) is 12.1 Å². The molecule has 1 saturated heterocycles. The lowest BCUT2D eigenvalue weighted by Gasteiger charge is -2.33. The molecule has 30 heavy (non-hydrogen) atoms. The second kappa shape index (κ2) is 8.39. The van der Waals surface area contributed by atoms with E-state index < -0.39 is 11.7 Å². The third kappa shape index (κ3) is 4.59. The van der Waals surface area contributed by atoms with E-state index in [1.54, 1.807) is 18.6 Å². The number of aromatic nitrogens is 3. The van der Waals surface area contributed by atoms with Gasteiger partial charge < -0.3 is 5.73 Å². The number of piperidine rings is 1. The lowest BCUT2D eigenvalue weighted by molar-refractivity contribution is -0.137. The van der Waals surface area contributed by atoms with Crippen molar-refractivity contribution in [1.29, 1.82) is 0 Å². The lowest BCUT2D eigenvalue weighted by Crippen LogP contribution is -2.34. The van der Waals surface area contributed by atoms with Gasteiger partial charge in [0.05, 0.1) is 11.3 Å². The summed E-state index contributed by atoms with van der Waals surface area (Å²) in [5, 5.41) is 0. The monoisotopic (exact) mass is 413 g/mol. The Labute approximate surface area is 172 Å². The van der Waals surface area contributed by atoms with Crippen molar-refractivity contribution >= 4 is 5.95 Å². The smallest absolute Gasteiger partial charge is 0.368 e. The number of likely N-dealkylation sites (tertiary alicyclic amines) is 1. The van der Waals surface area contributed by atoms with Gasteiger partial charge in [-0.25, -0.2) is 9.97 Å². The van der Waals surface area contributed by atoms with Crippen molar-refractivity contribution in [2.75, 3.05) is 18.8 Å². The van der Waals surface area contributed by atoms with Crippen LogP contribution in [0.3, 0.4) is 0 Å². The highest BCUT2D eigenvalue weighted by Crippen LogP contribution is 2.35. The highest BCUT2D eigenvalue weighted by Gasteiger charge is 2.30. The first-order chi connectivity index (χ1) is 14.4. The number of pyridine rings is 1. The minimum Gasteiger partial charge on any atom is -0.368 e. The summed E-state index contributed by atoms with van der Waals surface area (Å²) in [4.78, 5) is 15.0. The van der Waals surface area contributed by atoms with Crippen molar-refractivity contribution in [2.45, 2.75) is 31.5 Å². The van der Waals surface area contributed by atoms with Gasteiger partial charge in [0.1, 0.15) is 0 Å². The van der Waals surface area contributed by atoms with E-state index in [0.717, 1.165) is 55.9 Å². The molecule has 1 aliphatic heterocycles. The number of anilines is 1. The van der Waals surface area contributed by atoms with Crippen LogP contribution in [0, 0.1) is 0 Å². The van der Waals surface area contributed by atoms with Crippen molar-refractivity contribution in [3.63, 3.8) is 0 Å². The van der Waals surface area contributed by atoms with E-state index in [1.165, 1.54) is 17.7 Å². The Kier molecular flexibility index (Phi) is 5.67. The fourth-order valence-corrected chi connectivity index (χ4v) is 3.95. The predicted octanol–water partition coefficient (Wildman–Crippen LogP) is 4.52. The zero-order valence-corrected chi connectivity index (χ0v) is 16.3. The van der Waals surface area contributed by atoms with Crippen LogP contribution in [-0.4, -0.2) is 32.9 Å². The number of alkyl halides is 3. The average Bonchev–Trinajstić information content (AvgIpc) is 2.74. The van der Waals surface area contributed by atoms with Gasteiger partial charge in [-0.3, -0.25) is 9.88 Å². The Morgan fingerprint density at radius 1 is 1.07 bits per heavy atom. The highest BCUT2D eigenvalue weighted by atomic mass is 19.4. The first-order valence-electron chi connectivity index (χ1n) is 9.81. The van der Waals surface area contributed by atoms with Crippen molar-refractivity contribution < 1.29 is 13.2 Å². The third-order valence-electron chi connectivity index (χ3n) is 5.41. The van der Waals surface area contributed by atoms with Crippen LogP contribution in [0.25, 0.3) is 11.1 Å². The second-order valence-corrected chi connectivity index (χ2v) is 7.53. The summed E-state index contributed by atoms with van der Waals surface area (Å²) in [6.45, 7) is 2.59. The average molecular weight is 413 g/mol. The molecule has 3 aromatic rings. The molecule has 5 nitrogen and oxygen atoms in total. The highest BCUT2D eigenvalue weighted by molar-refractivity contribution is 5.66. The zero-order chi connectivity index (χ0) is 21.1. The van der Waals surface area contributed by atoms with Gasteiger partial charge >= 0.3 is 6.18 Å². The maximum atomic E-state index is 12.9. The van der Waals surface area contributed by atoms with Crippen molar-refractivity contribution in [3.05, 3.63) is 71.8 Å². The van der Waals surface area contributed by atoms with Crippen LogP contribution in [0.15, 0.2) is 55.0 Å². The maximum absolute atomic E-state index is 12.9. The number of nitrogens with zero attached hydrogens (tertiary/aromatic N) is 4. The summed E-state index contributed by atoms with van der Waals surface area (Å²) >= 11 is 0. The van der Waals surface area contributed by atoms with E-state index in [4.69, 9.17) is 5.73 Å². The summed E-state index contributed by atoms with van der Waals surface area (Å²) in [6.07, 6.45) is 2.76. The summed E-state index contributed by atoms with van der Waals surface area (Å²) in [5.41, 5.74) is 8.56.